The Morgan fingerprint density at radius 1 is 1.00 bits per heavy atom. The Balaban J connectivity index is 1.90. The van der Waals surface area contributed by atoms with Gasteiger partial charge in [0.2, 0.25) is 0 Å². The first-order valence-electron chi connectivity index (χ1n) is 6.16. The summed E-state index contributed by atoms with van der Waals surface area (Å²) in [6.45, 7) is 3.82. The summed E-state index contributed by atoms with van der Waals surface area (Å²) in [4.78, 5) is 3.97. The number of pyridine rings is 1. The Hall–Kier alpha value is -0.720. The average Bonchev–Trinajstić information content (AvgIpc) is 2.43. The first-order chi connectivity index (χ1) is 9.34. The van der Waals surface area contributed by atoms with Crippen LogP contribution in [0.15, 0.2) is 18.3 Å². The molecule has 108 valence electrons. The Kier molecular flexibility index (Phi) is 9.57. The van der Waals surface area contributed by atoms with Crippen molar-refractivity contribution in [3.05, 3.63) is 29.0 Å². The Labute approximate surface area is 118 Å². The Bertz CT molecular complexity index is 338. The minimum atomic E-state index is 0.445. The van der Waals surface area contributed by atoms with Crippen LogP contribution in [-0.4, -0.2) is 51.7 Å². The molecule has 0 saturated carbocycles. The van der Waals surface area contributed by atoms with E-state index in [1.165, 1.54) is 0 Å². The van der Waals surface area contributed by atoms with Gasteiger partial charge in [-0.05, 0) is 6.07 Å². The molecular formula is C13H20ClNO4. The Morgan fingerprint density at radius 2 is 1.63 bits per heavy atom. The van der Waals surface area contributed by atoms with Crippen LogP contribution in [-0.2, 0) is 25.6 Å². The molecular weight excluding hydrogens is 270 g/mol. The summed E-state index contributed by atoms with van der Waals surface area (Å²) in [5, 5.41) is 0.481. The van der Waals surface area contributed by atoms with Gasteiger partial charge in [0.15, 0.2) is 0 Å². The number of nitrogens with zero attached hydrogens (tertiary/aromatic N) is 1. The van der Waals surface area contributed by atoms with Crippen molar-refractivity contribution in [2.45, 2.75) is 6.61 Å². The number of hydrogen-bond acceptors (Lipinski definition) is 5. The van der Waals surface area contributed by atoms with Crippen LogP contribution in [0.25, 0.3) is 0 Å². The maximum Gasteiger partial charge on any atom is 0.134 e. The molecule has 19 heavy (non-hydrogen) atoms. The molecule has 0 aliphatic heterocycles. The van der Waals surface area contributed by atoms with Crippen molar-refractivity contribution in [2.24, 2.45) is 0 Å². The molecule has 0 N–H and O–H groups in total. The topological polar surface area (TPSA) is 49.8 Å². The molecule has 0 aliphatic carbocycles. The molecule has 0 amide bonds. The average molecular weight is 290 g/mol. The van der Waals surface area contributed by atoms with Crippen LogP contribution in [0.3, 0.4) is 0 Å². The van der Waals surface area contributed by atoms with Crippen LogP contribution < -0.4 is 0 Å². The molecule has 1 heterocycles. The van der Waals surface area contributed by atoms with E-state index >= 15 is 0 Å². The zero-order valence-electron chi connectivity index (χ0n) is 11.1. The van der Waals surface area contributed by atoms with E-state index in [2.05, 4.69) is 4.98 Å². The quantitative estimate of drug-likeness (QED) is 0.460. The van der Waals surface area contributed by atoms with E-state index in [0.717, 1.165) is 5.56 Å². The van der Waals surface area contributed by atoms with Gasteiger partial charge in [0.25, 0.3) is 0 Å². The van der Waals surface area contributed by atoms with Crippen LogP contribution in [0, 0.1) is 0 Å². The molecule has 0 unspecified atom stereocenters. The number of ether oxygens (including phenoxy) is 4. The van der Waals surface area contributed by atoms with Gasteiger partial charge in [0, 0.05) is 18.9 Å². The van der Waals surface area contributed by atoms with Crippen molar-refractivity contribution < 1.29 is 18.9 Å². The molecule has 1 aromatic rings. The van der Waals surface area contributed by atoms with E-state index in [0.29, 0.717) is 51.4 Å². The zero-order valence-corrected chi connectivity index (χ0v) is 11.9. The number of halogens is 1. The molecule has 1 aromatic heterocycles. The minimum absolute atomic E-state index is 0.445. The van der Waals surface area contributed by atoms with Crippen LogP contribution in [0.5, 0.6) is 0 Å². The van der Waals surface area contributed by atoms with Crippen molar-refractivity contribution in [3.8, 4) is 0 Å². The lowest BCUT2D eigenvalue weighted by molar-refractivity contribution is 0.000849. The molecule has 0 fully saturated rings. The van der Waals surface area contributed by atoms with Gasteiger partial charge in [0.1, 0.15) is 5.15 Å². The SMILES string of the molecule is COCCOCCOCCOCc1cccnc1Cl. The lowest BCUT2D eigenvalue weighted by atomic mass is 10.3. The summed E-state index contributed by atoms with van der Waals surface area (Å²) in [6, 6.07) is 3.72. The summed E-state index contributed by atoms with van der Waals surface area (Å²) < 4.78 is 20.9. The van der Waals surface area contributed by atoms with Crippen molar-refractivity contribution in [1.29, 1.82) is 0 Å². The van der Waals surface area contributed by atoms with Crippen LogP contribution in [0.4, 0.5) is 0 Å². The fourth-order valence-electron chi connectivity index (χ4n) is 1.29. The van der Waals surface area contributed by atoms with Gasteiger partial charge >= 0.3 is 0 Å². The van der Waals surface area contributed by atoms with Crippen LogP contribution in [0.2, 0.25) is 5.15 Å². The second-order valence-corrected chi connectivity index (χ2v) is 4.08. The van der Waals surface area contributed by atoms with Gasteiger partial charge in [-0.15, -0.1) is 0 Å². The van der Waals surface area contributed by atoms with Crippen molar-refractivity contribution in [2.75, 3.05) is 46.8 Å². The Morgan fingerprint density at radius 3 is 2.26 bits per heavy atom. The van der Waals surface area contributed by atoms with E-state index in [9.17, 15) is 0 Å². The molecule has 5 nitrogen and oxygen atoms in total. The van der Waals surface area contributed by atoms with Crippen molar-refractivity contribution in [3.63, 3.8) is 0 Å². The molecule has 1 rings (SSSR count). The molecule has 0 spiro atoms. The highest BCUT2D eigenvalue weighted by atomic mass is 35.5. The highest BCUT2D eigenvalue weighted by Gasteiger charge is 1.99. The highest BCUT2D eigenvalue weighted by Crippen LogP contribution is 2.12. The summed E-state index contributed by atoms with van der Waals surface area (Å²) >= 11 is 5.90. The highest BCUT2D eigenvalue weighted by molar-refractivity contribution is 6.30. The van der Waals surface area contributed by atoms with Gasteiger partial charge < -0.3 is 18.9 Å². The van der Waals surface area contributed by atoms with Gasteiger partial charge in [0.05, 0.1) is 46.2 Å². The maximum atomic E-state index is 5.90. The molecule has 0 radical (unpaired) electrons. The molecule has 6 heteroatoms. The first kappa shape index (κ1) is 16.3. The normalized spacial score (nSPS) is 10.8. The summed E-state index contributed by atoms with van der Waals surface area (Å²) in [5.74, 6) is 0. The monoisotopic (exact) mass is 289 g/mol. The fraction of sp³-hybridized carbons (Fsp3) is 0.615. The molecule has 0 aromatic carbocycles. The second kappa shape index (κ2) is 11.1. The largest absolute Gasteiger partial charge is 0.382 e. The van der Waals surface area contributed by atoms with Crippen LogP contribution >= 0.6 is 11.6 Å². The van der Waals surface area contributed by atoms with Gasteiger partial charge in [-0.25, -0.2) is 4.98 Å². The summed E-state index contributed by atoms with van der Waals surface area (Å²) in [7, 11) is 1.64. The number of rotatable bonds is 11. The fourth-order valence-corrected chi connectivity index (χ4v) is 1.47. The maximum absolute atomic E-state index is 5.90. The third kappa shape index (κ3) is 8.13. The lowest BCUT2D eigenvalue weighted by Crippen LogP contribution is -2.11. The van der Waals surface area contributed by atoms with Gasteiger partial charge in [-0.3, -0.25) is 0 Å². The molecule has 0 atom stereocenters. The van der Waals surface area contributed by atoms with Crippen LogP contribution in [0.1, 0.15) is 5.56 Å². The predicted octanol–water partition coefficient (Wildman–Crippen LogP) is 1.93. The number of aromatic nitrogens is 1. The van der Waals surface area contributed by atoms with E-state index in [-0.39, 0.29) is 0 Å². The first-order valence-corrected chi connectivity index (χ1v) is 6.54. The third-order valence-corrected chi connectivity index (χ3v) is 2.61. The van der Waals surface area contributed by atoms with Gasteiger partial charge in [-0.1, -0.05) is 17.7 Å². The predicted molar refractivity (Wildman–Crippen MR) is 72.4 cm³/mol. The standard InChI is InChI=1S/C13H20ClNO4/c1-16-5-6-17-7-8-18-9-10-19-11-12-3-2-4-15-13(12)14/h2-4H,5-11H2,1H3. The molecule has 0 saturated heterocycles. The molecule has 0 aliphatic rings. The number of hydrogen-bond donors (Lipinski definition) is 0. The van der Waals surface area contributed by atoms with E-state index in [1.807, 2.05) is 12.1 Å². The van der Waals surface area contributed by atoms with E-state index in [1.54, 1.807) is 13.3 Å². The minimum Gasteiger partial charge on any atom is -0.382 e. The second-order valence-electron chi connectivity index (χ2n) is 3.72. The van der Waals surface area contributed by atoms with Gasteiger partial charge in [-0.2, -0.15) is 0 Å². The van der Waals surface area contributed by atoms with E-state index in [4.69, 9.17) is 30.5 Å². The molecule has 0 bridgehead atoms. The summed E-state index contributed by atoms with van der Waals surface area (Å²) in [5.41, 5.74) is 0.882. The summed E-state index contributed by atoms with van der Waals surface area (Å²) in [6.07, 6.45) is 1.65. The smallest absolute Gasteiger partial charge is 0.134 e. The van der Waals surface area contributed by atoms with Crippen molar-refractivity contribution in [1.82, 2.24) is 4.98 Å². The zero-order chi connectivity index (χ0) is 13.8. The third-order valence-electron chi connectivity index (χ3n) is 2.27. The number of methoxy groups -OCH3 is 1. The van der Waals surface area contributed by atoms with E-state index < -0.39 is 0 Å². The lowest BCUT2D eigenvalue weighted by Gasteiger charge is -2.07. The van der Waals surface area contributed by atoms with Crippen molar-refractivity contribution >= 4 is 11.6 Å².